The van der Waals surface area contributed by atoms with Gasteiger partial charge in [-0.3, -0.25) is 4.90 Å². The second-order valence-electron chi connectivity index (χ2n) is 5.02. The lowest BCUT2D eigenvalue weighted by atomic mass is 10.2. The van der Waals surface area contributed by atoms with Crippen molar-refractivity contribution in [1.82, 2.24) is 15.0 Å². The Bertz CT molecular complexity index is 363. The number of morpholine rings is 1. The zero-order chi connectivity index (χ0) is 13.5. The Kier molecular flexibility index (Phi) is 5.75. The molecule has 0 spiro atoms. The minimum atomic E-state index is -0.179. The lowest BCUT2D eigenvalue weighted by molar-refractivity contribution is 0.0348. The zero-order valence-corrected chi connectivity index (χ0v) is 11.7. The van der Waals surface area contributed by atoms with Crippen molar-refractivity contribution in [3.05, 3.63) is 11.7 Å². The van der Waals surface area contributed by atoms with Gasteiger partial charge in [0.25, 0.3) is 0 Å². The molecule has 1 unspecified atom stereocenters. The third-order valence-corrected chi connectivity index (χ3v) is 3.37. The molecule has 6 nitrogen and oxygen atoms in total. The van der Waals surface area contributed by atoms with Crippen molar-refractivity contribution >= 4 is 0 Å². The highest BCUT2D eigenvalue weighted by atomic mass is 16.5. The second kappa shape index (κ2) is 7.57. The molecular formula is C13H24N4O2. The Morgan fingerprint density at radius 1 is 1.32 bits per heavy atom. The fourth-order valence-electron chi connectivity index (χ4n) is 2.19. The molecule has 1 atom stereocenters. The Morgan fingerprint density at radius 2 is 2.11 bits per heavy atom. The summed E-state index contributed by atoms with van der Waals surface area (Å²) in [5.41, 5.74) is 6.13. The molecule has 1 aromatic rings. The van der Waals surface area contributed by atoms with Crippen LogP contribution in [-0.2, 0) is 11.2 Å². The molecule has 0 saturated carbocycles. The van der Waals surface area contributed by atoms with Gasteiger partial charge in [-0.05, 0) is 6.42 Å². The van der Waals surface area contributed by atoms with Crippen molar-refractivity contribution in [1.29, 1.82) is 0 Å². The van der Waals surface area contributed by atoms with E-state index in [4.69, 9.17) is 15.0 Å². The molecule has 1 aliphatic rings. The third-order valence-electron chi connectivity index (χ3n) is 3.37. The predicted molar refractivity (Wildman–Crippen MR) is 71.7 cm³/mol. The van der Waals surface area contributed by atoms with E-state index in [2.05, 4.69) is 22.0 Å². The Hall–Kier alpha value is -0.980. The summed E-state index contributed by atoms with van der Waals surface area (Å²) >= 11 is 0. The molecule has 2 N–H and O–H groups in total. The van der Waals surface area contributed by atoms with Crippen molar-refractivity contribution in [2.75, 3.05) is 32.8 Å². The largest absolute Gasteiger partial charge is 0.379 e. The Labute approximate surface area is 114 Å². The number of nitrogens with two attached hydrogens (primary N) is 1. The van der Waals surface area contributed by atoms with Gasteiger partial charge in [0.2, 0.25) is 5.89 Å². The summed E-state index contributed by atoms with van der Waals surface area (Å²) in [4.78, 5) is 6.67. The van der Waals surface area contributed by atoms with Gasteiger partial charge in [-0.25, -0.2) is 0 Å². The number of ether oxygens (including phenoxy) is 1. The van der Waals surface area contributed by atoms with Gasteiger partial charge < -0.3 is 15.0 Å². The molecule has 0 aliphatic carbocycles. The Morgan fingerprint density at radius 3 is 2.84 bits per heavy atom. The molecule has 19 heavy (non-hydrogen) atoms. The van der Waals surface area contributed by atoms with Gasteiger partial charge in [-0.15, -0.1) is 0 Å². The van der Waals surface area contributed by atoms with Crippen LogP contribution < -0.4 is 5.73 Å². The lowest BCUT2D eigenvalue weighted by Crippen LogP contribution is -2.40. The van der Waals surface area contributed by atoms with Crippen LogP contribution in [0.4, 0.5) is 0 Å². The van der Waals surface area contributed by atoms with Gasteiger partial charge in [0.15, 0.2) is 5.82 Å². The summed E-state index contributed by atoms with van der Waals surface area (Å²) in [6.07, 6.45) is 4.33. The molecule has 6 heteroatoms. The molecule has 108 valence electrons. The highest BCUT2D eigenvalue weighted by Gasteiger charge is 2.19. The highest BCUT2D eigenvalue weighted by Crippen LogP contribution is 2.11. The fraction of sp³-hybridized carbons (Fsp3) is 0.846. The Balaban J connectivity index is 1.79. The van der Waals surface area contributed by atoms with E-state index in [-0.39, 0.29) is 6.04 Å². The smallest absolute Gasteiger partial charge is 0.226 e. The summed E-state index contributed by atoms with van der Waals surface area (Å²) in [7, 11) is 0. The first kappa shape index (κ1) is 14.4. The maximum Gasteiger partial charge on any atom is 0.226 e. The predicted octanol–water partition coefficient (Wildman–Crippen LogP) is 1.13. The van der Waals surface area contributed by atoms with Gasteiger partial charge in [0, 0.05) is 26.1 Å². The molecule has 2 heterocycles. The number of nitrogens with zero attached hydrogens (tertiary/aromatic N) is 3. The van der Waals surface area contributed by atoms with Crippen LogP contribution in [0.1, 0.15) is 43.9 Å². The molecule has 1 aromatic heterocycles. The quantitative estimate of drug-likeness (QED) is 0.747. The SMILES string of the molecule is CCCCCc1nc(C(N)CN2CCOCC2)no1. The first-order valence-corrected chi connectivity index (χ1v) is 7.17. The summed E-state index contributed by atoms with van der Waals surface area (Å²) in [6.45, 7) is 6.35. The zero-order valence-electron chi connectivity index (χ0n) is 11.7. The van der Waals surface area contributed by atoms with E-state index in [0.29, 0.717) is 11.7 Å². The van der Waals surface area contributed by atoms with Gasteiger partial charge in [0.1, 0.15) is 0 Å². The molecule has 0 amide bonds. The van der Waals surface area contributed by atoms with E-state index >= 15 is 0 Å². The van der Waals surface area contributed by atoms with Crippen LogP contribution in [0.5, 0.6) is 0 Å². The van der Waals surface area contributed by atoms with Crippen molar-refractivity contribution in [2.45, 2.75) is 38.6 Å². The van der Waals surface area contributed by atoms with Crippen LogP contribution in [0.15, 0.2) is 4.52 Å². The van der Waals surface area contributed by atoms with Crippen LogP contribution in [-0.4, -0.2) is 47.9 Å². The van der Waals surface area contributed by atoms with E-state index in [9.17, 15) is 0 Å². The van der Waals surface area contributed by atoms with E-state index in [1.807, 2.05) is 0 Å². The molecule has 1 saturated heterocycles. The van der Waals surface area contributed by atoms with E-state index < -0.39 is 0 Å². The molecule has 0 radical (unpaired) electrons. The third kappa shape index (κ3) is 4.56. The van der Waals surface area contributed by atoms with Gasteiger partial charge in [0.05, 0.1) is 19.3 Å². The summed E-state index contributed by atoms with van der Waals surface area (Å²) in [5.74, 6) is 1.33. The van der Waals surface area contributed by atoms with Crippen molar-refractivity contribution < 1.29 is 9.26 Å². The minimum absolute atomic E-state index is 0.179. The van der Waals surface area contributed by atoms with E-state index in [0.717, 1.165) is 45.7 Å². The average molecular weight is 268 g/mol. The standard InChI is InChI=1S/C13H24N4O2/c1-2-3-4-5-12-15-13(16-19-12)11(14)10-17-6-8-18-9-7-17/h11H,2-10,14H2,1H3. The lowest BCUT2D eigenvalue weighted by Gasteiger charge is -2.27. The van der Waals surface area contributed by atoms with Crippen LogP contribution in [0.3, 0.4) is 0 Å². The topological polar surface area (TPSA) is 77.4 Å². The minimum Gasteiger partial charge on any atom is -0.379 e. The monoisotopic (exact) mass is 268 g/mol. The van der Waals surface area contributed by atoms with Crippen molar-refractivity contribution in [2.24, 2.45) is 5.73 Å². The van der Waals surface area contributed by atoms with E-state index in [1.165, 1.54) is 12.8 Å². The fourth-order valence-corrected chi connectivity index (χ4v) is 2.19. The summed E-state index contributed by atoms with van der Waals surface area (Å²) in [6, 6.07) is -0.179. The molecule has 0 bridgehead atoms. The summed E-state index contributed by atoms with van der Waals surface area (Å²) < 4.78 is 10.6. The van der Waals surface area contributed by atoms with Crippen molar-refractivity contribution in [3.63, 3.8) is 0 Å². The number of unbranched alkanes of at least 4 members (excludes halogenated alkanes) is 2. The normalized spacial score (nSPS) is 18.6. The number of aryl methyl sites for hydroxylation is 1. The average Bonchev–Trinajstić information content (AvgIpc) is 2.89. The maximum absolute atomic E-state index is 6.13. The maximum atomic E-state index is 6.13. The molecular weight excluding hydrogens is 244 g/mol. The van der Waals surface area contributed by atoms with Crippen molar-refractivity contribution in [3.8, 4) is 0 Å². The number of hydrogen-bond acceptors (Lipinski definition) is 6. The first-order chi connectivity index (χ1) is 9.29. The van der Waals surface area contributed by atoms with E-state index in [1.54, 1.807) is 0 Å². The summed E-state index contributed by atoms with van der Waals surface area (Å²) in [5, 5.41) is 3.99. The second-order valence-corrected chi connectivity index (χ2v) is 5.02. The molecule has 1 aliphatic heterocycles. The van der Waals surface area contributed by atoms with Crippen LogP contribution in [0, 0.1) is 0 Å². The number of aromatic nitrogens is 2. The molecule has 2 rings (SSSR count). The first-order valence-electron chi connectivity index (χ1n) is 7.17. The van der Waals surface area contributed by atoms with Gasteiger partial charge in [-0.1, -0.05) is 24.9 Å². The molecule has 0 aromatic carbocycles. The van der Waals surface area contributed by atoms with Crippen LogP contribution >= 0.6 is 0 Å². The number of hydrogen-bond donors (Lipinski definition) is 1. The van der Waals surface area contributed by atoms with Gasteiger partial charge >= 0.3 is 0 Å². The highest BCUT2D eigenvalue weighted by molar-refractivity contribution is 4.94. The van der Waals surface area contributed by atoms with Gasteiger partial charge in [-0.2, -0.15) is 4.98 Å². The van der Waals surface area contributed by atoms with Crippen LogP contribution in [0.2, 0.25) is 0 Å². The molecule has 1 fully saturated rings. The van der Waals surface area contributed by atoms with Crippen LogP contribution in [0.25, 0.3) is 0 Å². The number of rotatable bonds is 7.